The third kappa shape index (κ3) is 4.38. The number of ether oxygens (including phenoxy) is 1. The van der Waals surface area contributed by atoms with Crippen LogP contribution in [0.1, 0.15) is 48.6 Å². The highest BCUT2D eigenvalue weighted by molar-refractivity contribution is 5.81. The molecule has 2 aromatic carbocycles. The van der Waals surface area contributed by atoms with E-state index in [0.29, 0.717) is 6.42 Å². The second kappa shape index (κ2) is 8.00. The molecular weight excluding hydrogens is 298 g/mol. The van der Waals surface area contributed by atoms with Gasteiger partial charge in [0.15, 0.2) is 6.10 Å². The van der Waals surface area contributed by atoms with Crippen LogP contribution >= 0.6 is 0 Å². The number of nitrogens with one attached hydrogen (secondary N) is 1. The zero-order chi connectivity index (χ0) is 17.7. The van der Waals surface area contributed by atoms with Gasteiger partial charge in [0.05, 0.1) is 6.04 Å². The normalized spacial score (nSPS) is 13.2. The Hall–Kier alpha value is -2.29. The molecule has 3 heteroatoms. The van der Waals surface area contributed by atoms with Crippen molar-refractivity contribution in [3.63, 3.8) is 0 Å². The molecule has 1 amide bonds. The number of carbonyl (C=O) groups is 1. The Balaban J connectivity index is 2.08. The molecule has 128 valence electrons. The predicted molar refractivity (Wildman–Crippen MR) is 98.4 cm³/mol. The maximum absolute atomic E-state index is 12.6. The van der Waals surface area contributed by atoms with Crippen molar-refractivity contribution in [1.82, 2.24) is 5.32 Å². The molecule has 0 radical (unpaired) electrons. The lowest BCUT2D eigenvalue weighted by Crippen LogP contribution is -2.39. The van der Waals surface area contributed by atoms with E-state index in [4.69, 9.17) is 4.74 Å². The molecule has 1 N–H and O–H groups in total. The molecular formula is C21H27NO2. The standard InChI is InChI=1S/C21H27NO2/c1-6-20(24-18-10-8-7-9-11-18)21(23)22-17(5)19-13-15(3)14(2)12-16(19)4/h7-13,17,20H,6H2,1-5H3,(H,22,23)/t17-,20-/m1/s1. The van der Waals surface area contributed by atoms with Crippen LogP contribution in [0.15, 0.2) is 42.5 Å². The summed E-state index contributed by atoms with van der Waals surface area (Å²) in [6.45, 7) is 10.3. The Bertz CT molecular complexity index is 694. The highest BCUT2D eigenvalue weighted by Gasteiger charge is 2.21. The molecule has 0 aromatic heterocycles. The number of benzene rings is 2. The van der Waals surface area contributed by atoms with Crippen LogP contribution in [0, 0.1) is 20.8 Å². The fraction of sp³-hybridized carbons (Fsp3) is 0.381. The van der Waals surface area contributed by atoms with Gasteiger partial charge in [0.1, 0.15) is 5.75 Å². The van der Waals surface area contributed by atoms with Crippen LogP contribution < -0.4 is 10.1 Å². The van der Waals surface area contributed by atoms with Gasteiger partial charge >= 0.3 is 0 Å². The molecule has 24 heavy (non-hydrogen) atoms. The highest BCUT2D eigenvalue weighted by atomic mass is 16.5. The van der Waals surface area contributed by atoms with Gasteiger partial charge in [-0.2, -0.15) is 0 Å². The number of amides is 1. The largest absolute Gasteiger partial charge is 0.481 e. The number of hydrogen-bond acceptors (Lipinski definition) is 2. The molecule has 0 bridgehead atoms. The molecule has 0 aliphatic carbocycles. The van der Waals surface area contributed by atoms with Crippen molar-refractivity contribution in [2.75, 3.05) is 0 Å². The monoisotopic (exact) mass is 325 g/mol. The molecule has 0 fully saturated rings. The summed E-state index contributed by atoms with van der Waals surface area (Å²) in [7, 11) is 0. The number of carbonyl (C=O) groups excluding carboxylic acids is 1. The third-order valence-corrected chi connectivity index (χ3v) is 4.39. The minimum absolute atomic E-state index is 0.0507. The summed E-state index contributed by atoms with van der Waals surface area (Å²) in [4.78, 5) is 12.6. The summed E-state index contributed by atoms with van der Waals surface area (Å²) in [5, 5.41) is 3.09. The summed E-state index contributed by atoms with van der Waals surface area (Å²) in [6.07, 6.45) is 0.140. The fourth-order valence-corrected chi connectivity index (χ4v) is 2.82. The summed E-state index contributed by atoms with van der Waals surface area (Å²) in [5.41, 5.74) is 4.86. The second-order valence-electron chi connectivity index (χ2n) is 6.35. The molecule has 2 rings (SSSR count). The van der Waals surface area contributed by atoms with E-state index in [2.05, 4.69) is 38.2 Å². The van der Waals surface area contributed by atoms with Crippen molar-refractivity contribution in [2.45, 2.75) is 53.2 Å². The number of para-hydroxylation sites is 1. The van der Waals surface area contributed by atoms with E-state index in [0.717, 1.165) is 11.3 Å². The molecule has 0 saturated heterocycles. The van der Waals surface area contributed by atoms with Crippen LogP contribution in [0.5, 0.6) is 5.75 Å². The molecule has 0 aliphatic heterocycles. The quantitative estimate of drug-likeness (QED) is 0.840. The summed E-state index contributed by atoms with van der Waals surface area (Å²) in [6, 6.07) is 13.8. The Kier molecular flexibility index (Phi) is 6.02. The maximum Gasteiger partial charge on any atom is 0.261 e. The maximum atomic E-state index is 12.6. The predicted octanol–water partition coefficient (Wildman–Crippen LogP) is 4.65. The zero-order valence-electron chi connectivity index (χ0n) is 15.2. The van der Waals surface area contributed by atoms with Crippen LogP contribution in [0.2, 0.25) is 0 Å². The molecule has 0 aliphatic rings. The van der Waals surface area contributed by atoms with Crippen LogP contribution in [-0.2, 0) is 4.79 Å². The Morgan fingerprint density at radius 1 is 1.04 bits per heavy atom. The molecule has 2 aromatic rings. The molecule has 0 saturated carbocycles. The lowest BCUT2D eigenvalue weighted by atomic mass is 9.96. The van der Waals surface area contributed by atoms with Crippen molar-refractivity contribution in [2.24, 2.45) is 0 Å². The first-order valence-corrected chi connectivity index (χ1v) is 8.52. The zero-order valence-corrected chi connectivity index (χ0v) is 15.2. The Morgan fingerprint density at radius 3 is 2.29 bits per heavy atom. The van der Waals surface area contributed by atoms with Crippen molar-refractivity contribution >= 4 is 5.91 Å². The third-order valence-electron chi connectivity index (χ3n) is 4.39. The number of aryl methyl sites for hydroxylation is 3. The fourth-order valence-electron chi connectivity index (χ4n) is 2.82. The van der Waals surface area contributed by atoms with Gasteiger partial charge in [-0.05, 0) is 68.5 Å². The van der Waals surface area contributed by atoms with Gasteiger partial charge in [-0.1, -0.05) is 37.3 Å². The van der Waals surface area contributed by atoms with Gasteiger partial charge < -0.3 is 10.1 Å². The van der Waals surface area contributed by atoms with Crippen molar-refractivity contribution < 1.29 is 9.53 Å². The molecule has 0 heterocycles. The second-order valence-corrected chi connectivity index (χ2v) is 6.35. The van der Waals surface area contributed by atoms with E-state index < -0.39 is 6.10 Å². The van der Waals surface area contributed by atoms with Gasteiger partial charge in [0.2, 0.25) is 0 Å². The van der Waals surface area contributed by atoms with E-state index in [9.17, 15) is 4.79 Å². The van der Waals surface area contributed by atoms with Gasteiger partial charge in [0.25, 0.3) is 5.91 Å². The first-order chi connectivity index (χ1) is 11.4. The van der Waals surface area contributed by atoms with E-state index in [1.807, 2.05) is 44.2 Å². The van der Waals surface area contributed by atoms with Crippen molar-refractivity contribution in [3.8, 4) is 5.75 Å². The lowest BCUT2D eigenvalue weighted by Gasteiger charge is -2.22. The highest BCUT2D eigenvalue weighted by Crippen LogP contribution is 2.22. The lowest BCUT2D eigenvalue weighted by molar-refractivity contribution is -0.128. The Labute approximate surface area is 145 Å². The SMILES string of the molecule is CC[C@@H](Oc1ccccc1)C(=O)N[C@H](C)c1cc(C)c(C)cc1C. The van der Waals surface area contributed by atoms with Gasteiger partial charge in [0, 0.05) is 0 Å². The molecule has 3 nitrogen and oxygen atoms in total. The molecule has 0 unspecified atom stereocenters. The van der Waals surface area contributed by atoms with E-state index in [1.54, 1.807) is 0 Å². The summed E-state index contributed by atoms with van der Waals surface area (Å²) in [5.74, 6) is 0.640. The van der Waals surface area contributed by atoms with Crippen LogP contribution in [-0.4, -0.2) is 12.0 Å². The molecule has 0 spiro atoms. The first kappa shape index (κ1) is 18.1. The average molecular weight is 325 g/mol. The Morgan fingerprint density at radius 2 is 1.67 bits per heavy atom. The summed E-state index contributed by atoms with van der Waals surface area (Å²) >= 11 is 0. The summed E-state index contributed by atoms with van der Waals surface area (Å²) < 4.78 is 5.82. The molecule has 2 atom stereocenters. The van der Waals surface area contributed by atoms with Gasteiger partial charge in [-0.15, -0.1) is 0 Å². The number of hydrogen-bond donors (Lipinski definition) is 1. The van der Waals surface area contributed by atoms with Crippen LogP contribution in [0.4, 0.5) is 0 Å². The topological polar surface area (TPSA) is 38.3 Å². The smallest absolute Gasteiger partial charge is 0.261 e. The minimum atomic E-state index is -0.485. The van der Waals surface area contributed by atoms with Crippen molar-refractivity contribution in [3.05, 3.63) is 64.7 Å². The minimum Gasteiger partial charge on any atom is -0.481 e. The average Bonchev–Trinajstić information content (AvgIpc) is 2.56. The van der Waals surface area contributed by atoms with E-state index in [-0.39, 0.29) is 11.9 Å². The van der Waals surface area contributed by atoms with Gasteiger partial charge in [-0.25, -0.2) is 0 Å². The first-order valence-electron chi connectivity index (χ1n) is 8.52. The van der Waals surface area contributed by atoms with Crippen LogP contribution in [0.25, 0.3) is 0 Å². The van der Waals surface area contributed by atoms with Crippen molar-refractivity contribution in [1.29, 1.82) is 0 Å². The van der Waals surface area contributed by atoms with Gasteiger partial charge in [-0.3, -0.25) is 4.79 Å². The van der Waals surface area contributed by atoms with Crippen LogP contribution in [0.3, 0.4) is 0 Å². The van der Waals surface area contributed by atoms with E-state index in [1.165, 1.54) is 16.7 Å². The number of rotatable bonds is 6. The van der Waals surface area contributed by atoms with E-state index >= 15 is 0 Å².